The Bertz CT molecular complexity index is 938. The maximum absolute atomic E-state index is 12.1. The van der Waals surface area contributed by atoms with Gasteiger partial charge in [0.2, 0.25) is 5.91 Å². The van der Waals surface area contributed by atoms with E-state index in [-0.39, 0.29) is 11.7 Å². The van der Waals surface area contributed by atoms with E-state index in [4.69, 9.17) is 0 Å². The molecule has 3 rings (SSSR count). The lowest BCUT2D eigenvalue weighted by Crippen LogP contribution is -2.41. The Hall–Kier alpha value is -2.80. The maximum atomic E-state index is 12.1. The summed E-state index contributed by atoms with van der Waals surface area (Å²) in [6.07, 6.45) is 0. The number of fused-ring (bicyclic) bond motifs is 1. The summed E-state index contributed by atoms with van der Waals surface area (Å²) < 4.78 is 2.02. The molecule has 3 aromatic rings. The van der Waals surface area contributed by atoms with E-state index >= 15 is 0 Å². The number of imide groups is 1. The van der Waals surface area contributed by atoms with Crippen LogP contribution < -0.4 is 10.6 Å². The number of hydrogen-bond acceptors (Lipinski definition) is 4. The van der Waals surface area contributed by atoms with Crippen molar-refractivity contribution in [3.8, 4) is 5.69 Å². The number of para-hydroxylation sites is 3. The number of benzene rings is 2. The number of nitrogens with one attached hydrogen (secondary N) is 2. The first kappa shape index (κ1) is 19.0. The van der Waals surface area contributed by atoms with Gasteiger partial charge in [0.15, 0.2) is 5.16 Å². The zero-order chi connectivity index (χ0) is 19.2. The average molecular weight is 382 g/mol. The molecule has 0 aliphatic carbocycles. The molecule has 0 atom stereocenters. The fraction of sp³-hybridized carbons (Fsp3) is 0.250. The number of carbonyl (C=O) groups excluding carboxylic acids is 2. The first-order valence-electron chi connectivity index (χ1n) is 8.78. The van der Waals surface area contributed by atoms with Gasteiger partial charge < -0.3 is 5.32 Å². The Morgan fingerprint density at radius 2 is 1.78 bits per heavy atom. The largest absolute Gasteiger partial charge is 0.338 e. The van der Waals surface area contributed by atoms with E-state index in [1.54, 1.807) is 0 Å². The third kappa shape index (κ3) is 4.89. The van der Waals surface area contributed by atoms with Crippen LogP contribution >= 0.6 is 11.8 Å². The van der Waals surface area contributed by atoms with Gasteiger partial charge in [0, 0.05) is 12.2 Å². The van der Waals surface area contributed by atoms with Gasteiger partial charge in [0.25, 0.3) is 0 Å². The summed E-state index contributed by atoms with van der Waals surface area (Å²) in [6, 6.07) is 17.2. The Balaban J connectivity index is 1.74. The van der Waals surface area contributed by atoms with Crippen molar-refractivity contribution in [2.45, 2.75) is 19.0 Å². The molecule has 0 bridgehead atoms. The molecule has 7 heteroatoms. The molecular formula is C20H22N4O2S. The zero-order valence-corrected chi connectivity index (χ0v) is 16.1. The van der Waals surface area contributed by atoms with Crippen molar-refractivity contribution < 1.29 is 9.59 Å². The Morgan fingerprint density at radius 3 is 2.52 bits per heavy atom. The zero-order valence-electron chi connectivity index (χ0n) is 15.3. The second kappa shape index (κ2) is 8.73. The molecule has 0 unspecified atom stereocenters. The van der Waals surface area contributed by atoms with Crippen LogP contribution in [-0.2, 0) is 4.79 Å². The number of urea groups is 1. The second-order valence-corrected chi connectivity index (χ2v) is 7.44. The van der Waals surface area contributed by atoms with Crippen LogP contribution in [0.5, 0.6) is 0 Å². The van der Waals surface area contributed by atoms with Crippen molar-refractivity contribution in [3.63, 3.8) is 0 Å². The summed E-state index contributed by atoms with van der Waals surface area (Å²) >= 11 is 1.30. The average Bonchev–Trinajstić information content (AvgIpc) is 3.04. The van der Waals surface area contributed by atoms with E-state index in [1.807, 2.05) is 73.0 Å². The predicted octanol–water partition coefficient (Wildman–Crippen LogP) is 3.60. The number of hydrogen-bond donors (Lipinski definition) is 2. The Labute approximate surface area is 162 Å². The van der Waals surface area contributed by atoms with Gasteiger partial charge in [-0.1, -0.05) is 55.9 Å². The van der Waals surface area contributed by atoms with Crippen LogP contribution in [0.25, 0.3) is 16.7 Å². The molecule has 2 N–H and O–H groups in total. The molecule has 0 saturated carbocycles. The second-order valence-electron chi connectivity index (χ2n) is 6.49. The number of rotatable bonds is 6. The van der Waals surface area contributed by atoms with Crippen LogP contribution in [0.4, 0.5) is 4.79 Å². The fourth-order valence-corrected chi connectivity index (χ4v) is 3.39. The normalized spacial score (nSPS) is 10.9. The number of amides is 3. The quantitative estimate of drug-likeness (QED) is 0.639. The molecule has 0 aliphatic rings. The molecule has 140 valence electrons. The van der Waals surface area contributed by atoms with E-state index in [1.165, 1.54) is 11.8 Å². The van der Waals surface area contributed by atoms with Crippen LogP contribution in [0.3, 0.4) is 0 Å². The minimum Gasteiger partial charge on any atom is -0.338 e. The van der Waals surface area contributed by atoms with Gasteiger partial charge >= 0.3 is 6.03 Å². The number of imidazole rings is 1. The van der Waals surface area contributed by atoms with Gasteiger partial charge in [0.1, 0.15) is 0 Å². The summed E-state index contributed by atoms with van der Waals surface area (Å²) in [4.78, 5) is 28.5. The molecule has 0 saturated heterocycles. The lowest BCUT2D eigenvalue weighted by atomic mass is 10.2. The van der Waals surface area contributed by atoms with Crippen molar-refractivity contribution in [1.29, 1.82) is 0 Å². The lowest BCUT2D eigenvalue weighted by Gasteiger charge is -2.10. The number of aromatic nitrogens is 2. The third-order valence-corrected chi connectivity index (χ3v) is 4.74. The van der Waals surface area contributed by atoms with Gasteiger partial charge in [0.05, 0.1) is 16.8 Å². The van der Waals surface area contributed by atoms with E-state index in [0.29, 0.717) is 17.6 Å². The van der Waals surface area contributed by atoms with Crippen molar-refractivity contribution in [2.24, 2.45) is 5.92 Å². The van der Waals surface area contributed by atoms with E-state index in [2.05, 4.69) is 15.6 Å². The molecular weight excluding hydrogens is 360 g/mol. The van der Waals surface area contributed by atoms with Crippen molar-refractivity contribution in [3.05, 3.63) is 54.6 Å². The van der Waals surface area contributed by atoms with Crippen LogP contribution in [-0.4, -0.2) is 33.8 Å². The summed E-state index contributed by atoms with van der Waals surface area (Å²) in [5.74, 6) is 0.0737. The first-order valence-corrected chi connectivity index (χ1v) is 9.76. The highest BCUT2D eigenvalue weighted by Crippen LogP contribution is 2.27. The molecule has 1 heterocycles. The number of thioether (sulfide) groups is 1. The molecule has 0 aliphatic heterocycles. The van der Waals surface area contributed by atoms with E-state index < -0.39 is 6.03 Å². The van der Waals surface area contributed by atoms with Gasteiger partial charge in [-0.25, -0.2) is 9.78 Å². The van der Waals surface area contributed by atoms with Gasteiger partial charge in [-0.15, -0.1) is 0 Å². The lowest BCUT2D eigenvalue weighted by molar-refractivity contribution is -0.117. The number of carbonyl (C=O) groups is 2. The molecule has 27 heavy (non-hydrogen) atoms. The summed E-state index contributed by atoms with van der Waals surface area (Å²) in [5.41, 5.74) is 2.81. The SMILES string of the molecule is CC(C)CNC(=O)NC(=O)CSc1nc2ccccc2n1-c1ccccc1. The van der Waals surface area contributed by atoms with Crippen LogP contribution in [0.1, 0.15) is 13.8 Å². The summed E-state index contributed by atoms with van der Waals surface area (Å²) in [7, 11) is 0. The van der Waals surface area contributed by atoms with E-state index in [9.17, 15) is 9.59 Å². The smallest absolute Gasteiger partial charge is 0.321 e. The number of nitrogens with zero attached hydrogens (tertiary/aromatic N) is 2. The molecule has 0 radical (unpaired) electrons. The van der Waals surface area contributed by atoms with Gasteiger partial charge in [-0.05, 0) is 30.2 Å². The Kier molecular flexibility index (Phi) is 6.13. The molecule has 2 aromatic carbocycles. The first-order chi connectivity index (χ1) is 13.0. The molecule has 3 amide bonds. The van der Waals surface area contributed by atoms with Gasteiger partial charge in [-0.2, -0.15) is 0 Å². The highest BCUT2D eigenvalue weighted by atomic mass is 32.2. The van der Waals surface area contributed by atoms with Crippen LogP contribution in [0.2, 0.25) is 0 Å². The summed E-state index contributed by atoms with van der Waals surface area (Å²) in [6.45, 7) is 4.51. The Morgan fingerprint density at radius 1 is 1.07 bits per heavy atom. The van der Waals surface area contributed by atoms with Gasteiger partial charge in [-0.3, -0.25) is 14.7 Å². The van der Waals surface area contributed by atoms with E-state index in [0.717, 1.165) is 16.7 Å². The molecule has 0 spiro atoms. The predicted molar refractivity (Wildman–Crippen MR) is 108 cm³/mol. The van der Waals surface area contributed by atoms with Crippen molar-refractivity contribution in [2.75, 3.05) is 12.3 Å². The van der Waals surface area contributed by atoms with Crippen molar-refractivity contribution >= 4 is 34.7 Å². The molecule has 1 aromatic heterocycles. The van der Waals surface area contributed by atoms with Crippen LogP contribution in [0, 0.1) is 5.92 Å². The minimum absolute atomic E-state index is 0.102. The third-order valence-electron chi connectivity index (χ3n) is 3.80. The monoisotopic (exact) mass is 382 g/mol. The highest BCUT2D eigenvalue weighted by Gasteiger charge is 2.15. The van der Waals surface area contributed by atoms with Crippen molar-refractivity contribution in [1.82, 2.24) is 20.2 Å². The summed E-state index contributed by atoms with van der Waals surface area (Å²) in [5, 5.41) is 5.73. The standard InChI is InChI=1S/C20H22N4O2S/c1-14(2)12-21-19(26)23-18(25)13-27-20-22-16-10-6-7-11-17(16)24(20)15-8-4-3-5-9-15/h3-11,14H,12-13H2,1-2H3,(H2,21,23,25,26). The molecule has 6 nitrogen and oxygen atoms in total. The molecule has 0 fully saturated rings. The highest BCUT2D eigenvalue weighted by molar-refractivity contribution is 7.99. The fourth-order valence-electron chi connectivity index (χ4n) is 2.56. The van der Waals surface area contributed by atoms with Crippen LogP contribution in [0.15, 0.2) is 59.8 Å². The maximum Gasteiger partial charge on any atom is 0.321 e. The minimum atomic E-state index is -0.467. The topological polar surface area (TPSA) is 76.0 Å².